The Kier molecular flexibility index (Phi) is 7.22. The van der Waals surface area contributed by atoms with Crippen LogP contribution in [-0.4, -0.2) is 31.6 Å². The van der Waals surface area contributed by atoms with E-state index in [0.29, 0.717) is 35.6 Å². The lowest BCUT2D eigenvalue weighted by molar-refractivity contribution is 0.0701. The smallest absolute Gasteiger partial charge is 0.254 e. The van der Waals surface area contributed by atoms with Crippen LogP contribution in [0.25, 0.3) is 0 Å². The van der Waals surface area contributed by atoms with Crippen LogP contribution in [0.2, 0.25) is 0 Å². The Hall–Kier alpha value is -3.26. The van der Waals surface area contributed by atoms with Gasteiger partial charge in [-0.25, -0.2) is 0 Å². The normalized spacial score (nSPS) is 11.2. The minimum atomic E-state index is -0.138. The average Bonchev–Trinajstić information content (AvgIpc) is 2.73. The molecule has 1 amide bonds. The molecule has 0 N–H and O–H groups in total. The Balaban J connectivity index is 2.41. The van der Waals surface area contributed by atoms with Crippen molar-refractivity contribution >= 4 is 5.91 Å². The standard InChI is InChI=1S/C23H26N2O3/c1-6-8-19-13-20(14-21(27-4)22(19)28-5)23(26)25(7-2)16(3)18-11-9-17(15-24)10-12-18/h6,9-14,16H,1,7-8H2,2-5H3. The number of hydrogen-bond donors (Lipinski definition) is 0. The number of allylic oxidation sites excluding steroid dienone is 1. The first-order valence-corrected chi connectivity index (χ1v) is 9.17. The van der Waals surface area contributed by atoms with E-state index in [1.54, 1.807) is 43.4 Å². The highest BCUT2D eigenvalue weighted by Gasteiger charge is 2.24. The first kappa shape index (κ1) is 21.0. The van der Waals surface area contributed by atoms with E-state index in [1.165, 1.54) is 0 Å². The predicted molar refractivity (Wildman–Crippen MR) is 110 cm³/mol. The van der Waals surface area contributed by atoms with Crippen LogP contribution >= 0.6 is 0 Å². The van der Waals surface area contributed by atoms with Gasteiger partial charge >= 0.3 is 0 Å². The number of methoxy groups -OCH3 is 2. The maximum Gasteiger partial charge on any atom is 0.254 e. The second-order valence-electron chi connectivity index (χ2n) is 6.36. The van der Waals surface area contributed by atoms with Gasteiger partial charge in [-0.1, -0.05) is 18.2 Å². The summed E-state index contributed by atoms with van der Waals surface area (Å²) < 4.78 is 10.9. The molecule has 0 saturated carbocycles. The molecule has 146 valence electrons. The number of benzene rings is 2. The van der Waals surface area contributed by atoms with Crippen LogP contribution in [0.3, 0.4) is 0 Å². The van der Waals surface area contributed by atoms with Crippen molar-refractivity contribution in [2.45, 2.75) is 26.3 Å². The predicted octanol–water partition coefficient (Wildman–Crippen LogP) is 4.53. The lowest BCUT2D eigenvalue weighted by Gasteiger charge is -2.29. The van der Waals surface area contributed by atoms with Crippen molar-refractivity contribution in [3.05, 3.63) is 71.3 Å². The van der Waals surface area contributed by atoms with E-state index in [2.05, 4.69) is 12.6 Å². The van der Waals surface area contributed by atoms with Gasteiger partial charge in [0.25, 0.3) is 5.91 Å². The molecule has 2 aromatic carbocycles. The van der Waals surface area contributed by atoms with Gasteiger partial charge in [0.15, 0.2) is 11.5 Å². The van der Waals surface area contributed by atoms with Gasteiger partial charge in [-0.3, -0.25) is 4.79 Å². The Morgan fingerprint density at radius 1 is 1.25 bits per heavy atom. The van der Waals surface area contributed by atoms with Crippen LogP contribution in [0.5, 0.6) is 11.5 Å². The maximum atomic E-state index is 13.3. The molecule has 0 bridgehead atoms. The van der Waals surface area contributed by atoms with Crippen molar-refractivity contribution in [2.24, 2.45) is 0 Å². The highest BCUT2D eigenvalue weighted by Crippen LogP contribution is 2.34. The number of ether oxygens (including phenoxy) is 2. The molecular weight excluding hydrogens is 352 g/mol. The van der Waals surface area contributed by atoms with Crippen molar-refractivity contribution in [2.75, 3.05) is 20.8 Å². The third-order valence-corrected chi connectivity index (χ3v) is 4.76. The molecule has 0 aliphatic heterocycles. The van der Waals surface area contributed by atoms with E-state index in [9.17, 15) is 4.79 Å². The molecule has 2 rings (SSSR count). The topological polar surface area (TPSA) is 62.6 Å². The van der Waals surface area contributed by atoms with Gasteiger partial charge in [0.2, 0.25) is 0 Å². The number of carbonyl (C=O) groups is 1. The first-order valence-electron chi connectivity index (χ1n) is 9.17. The van der Waals surface area contributed by atoms with Gasteiger partial charge < -0.3 is 14.4 Å². The third kappa shape index (κ3) is 4.34. The van der Waals surface area contributed by atoms with E-state index >= 15 is 0 Å². The van der Waals surface area contributed by atoms with Crippen LogP contribution in [0.1, 0.15) is 46.9 Å². The molecule has 0 aliphatic rings. The molecule has 5 nitrogen and oxygen atoms in total. The van der Waals surface area contributed by atoms with E-state index < -0.39 is 0 Å². The molecule has 0 heterocycles. The van der Waals surface area contributed by atoms with Gasteiger partial charge in [-0.2, -0.15) is 5.26 Å². The Bertz CT molecular complexity index is 882. The number of rotatable bonds is 8. The zero-order valence-electron chi connectivity index (χ0n) is 16.9. The minimum Gasteiger partial charge on any atom is -0.493 e. The van der Waals surface area contributed by atoms with Crippen molar-refractivity contribution in [1.82, 2.24) is 4.90 Å². The third-order valence-electron chi connectivity index (χ3n) is 4.76. The second-order valence-corrected chi connectivity index (χ2v) is 6.36. The highest BCUT2D eigenvalue weighted by atomic mass is 16.5. The summed E-state index contributed by atoms with van der Waals surface area (Å²) in [5, 5.41) is 8.98. The lowest BCUT2D eigenvalue weighted by atomic mass is 10.0. The molecule has 0 radical (unpaired) electrons. The zero-order valence-corrected chi connectivity index (χ0v) is 16.9. The van der Waals surface area contributed by atoms with Crippen molar-refractivity contribution in [3.63, 3.8) is 0 Å². The molecule has 5 heteroatoms. The highest BCUT2D eigenvalue weighted by molar-refractivity contribution is 5.95. The van der Waals surface area contributed by atoms with Crippen LogP contribution in [0.15, 0.2) is 49.1 Å². The summed E-state index contributed by atoms with van der Waals surface area (Å²) in [4.78, 5) is 15.1. The molecule has 0 spiro atoms. The summed E-state index contributed by atoms with van der Waals surface area (Å²) in [6, 6.07) is 12.8. The number of nitrogens with zero attached hydrogens (tertiary/aromatic N) is 2. The SMILES string of the molecule is C=CCc1cc(C(=O)N(CC)C(C)c2ccc(C#N)cc2)cc(OC)c1OC. The fraction of sp³-hybridized carbons (Fsp3) is 0.304. The molecule has 1 atom stereocenters. The molecule has 28 heavy (non-hydrogen) atoms. The first-order chi connectivity index (χ1) is 13.5. The number of carbonyl (C=O) groups excluding carboxylic acids is 1. The van der Waals surface area contributed by atoms with E-state index in [4.69, 9.17) is 14.7 Å². The Morgan fingerprint density at radius 3 is 2.43 bits per heavy atom. The summed E-state index contributed by atoms with van der Waals surface area (Å²) >= 11 is 0. The molecule has 0 saturated heterocycles. The lowest BCUT2D eigenvalue weighted by Crippen LogP contribution is -2.33. The van der Waals surface area contributed by atoms with Crippen LogP contribution in [0.4, 0.5) is 0 Å². The quantitative estimate of drug-likeness (QED) is 0.633. The Morgan fingerprint density at radius 2 is 1.93 bits per heavy atom. The van der Waals surface area contributed by atoms with E-state index in [1.807, 2.05) is 32.0 Å². The molecule has 0 aliphatic carbocycles. The number of hydrogen-bond acceptors (Lipinski definition) is 4. The molecule has 1 unspecified atom stereocenters. The zero-order chi connectivity index (χ0) is 20.7. The summed E-state index contributed by atoms with van der Waals surface area (Å²) in [5.74, 6) is 1.04. The number of amides is 1. The van der Waals surface area contributed by atoms with E-state index in [0.717, 1.165) is 11.1 Å². The van der Waals surface area contributed by atoms with Gasteiger partial charge in [0, 0.05) is 17.7 Å². The monoisotopic (exact) mass is 378 g/mol. The summed E-state index contributed by atoms with van der Waals surface area (Å²) in [6.45, 7) is 8.26. The maximum absolute atomic E-state index is 13.3. The van der Waals surface area contributed by atoms with Crippen LogP contribution in [-0.2, 0) is 6.42 Å². The molecule has 0 fully saturated rings. The van der Waals surface area contributed by atoms with Gasteiger partial charge in [-0.05, 0) is 50.1 Å². The summed E-state index contributed by atoms with van der Waals surface area (Å²) in [5.41, 5.74) is 2.96. The van der Waals surface area contributed by atoms with Gasteiger partial charge in [0.05, 0.1) is 31.9 Å². The van der Waals surface area contributed by atoms with Crippen LogP contribution < -0.4 is 9.47 Å². The largest absolute Gasteiger partial charge is 0.493 e. The second kappa shape index (κ2) is 9.61. The van der Waals surface area contributed by atoms with Crippen molar-refractivity contribution < 1.29 is 14.3 Å². The summed E-state index contributed by atoms with van der Waals surface area (Å²) in [6.07, 6.45) is 2.33. The fourth-order valence-corrected chi connectivity index (χ4v) is 3.25. The number of nitriles is 1. The van der Waals surface area contributed by atoms with E-state index in [-0.39, 0.29) is 11.9 Å². The van der Waals surface area contributed by atoms with Gasteiger partial charge in [0.1, 0.15) is 0 Å². The van der Waals surface area contributed by atoms with Crippen molar-refractivity contribution in [3.8, 4) is 17.6 Å². The van der Waals surface area contributed by atoms with Crippen LogP contribution in [0, 0.1) is 11.3 Å². The molecule has 0 aromatic heterocycles. The average molecular weight is 378 g/mol. The minimum absolute atomic E-state index is 0.0920. The molecule has 2 aromatic rings. The van der Waals surface area contributed by atoms with Crippen molar-refractivity contribution in [1.29, 1.82) is 5.26 Å². The fourth-order valence-electron chi connectivity index (χ4n) is 3.25. The summed E-state index contributed by atoms with van der Waals surface area (Å²) in [7, 11) is 3.14. The molecular formula is C23H26N2O3. The Labute approximate surface area is 166 Å². The van der Waals surface area contributed by atoms with Gasteiger partial charge in [-0.15, -0.1) is 6.58 Å².